The monoisotopic (exact) mass is 352 g/mol. The normalized spacial score (nSPS) is 30.1. The van der Waals surface area contributed by atoms with Gasteiger partial charge in [0.1, 0.15) is 5.54 Å². The van der Waals surface area contributed by atoms with E-state index in [-0.39, 0.29) is 23.7 Å². The van der Waals surface area contributed by atoms with Gasteiger partial charge in [-0.3, -0.25) is 9.59 Å². The van der Waals surface area contributed by atoms with E-state index in [2.05, 4.69) is 5.32 Å². The summed E-state index contributed by atoms with van der Waals surface area (Å²) in [7, 11) is 0. The molecule has 6 nitrogen and oxygen atoms in total. The molecule has 3 N–H and O–H groups in total. The maximum Gasteiger partial charge on any atom is 0.262 e. The SMILES string of the molecule is CC(C)(NC(=O)c1cccs1)C(=O)N1C[C@H]2C[C@H](O)[C@H](O)C[C@H]2C1. The highest BCUT2D eigenvalue weighted by Crippen LogP contribution is 2.37. The predicted octanol–water partition coefficient (Wildman–Crippen LogP) is 0.847. The van der Waals surface area contributed by atoms with Crippen molar-refractivity contribution in [2.45, 2.75) is 44.4 Å². The Morgan fingerprint density at radius 3 is 2.29 bits per heavy atom. The number of nitrogens with zero attached hydrogens (tertiary/aromatic N) is 1. The van der Waals surface area contributed by atoms with Gasteiger partial charge in [-0.1, -0.05) is 6.07 Å². The summed E-state index contributed by atoms with van der Waals surface area (Å²) >= 11 is 1.34. The van der Waals surface area contributed by atoms with Gasteiger partial charge < -0.3 is 20.4 Å². The van der Waals surface area contributed by atoms with Crippen molar-refractivity contribution in [2.75, 3.05) is 13.1 Å². The van der Waals surface area contributed by atoms with Crippen LogP contribution in [0.5, 0.6) is 0 Å². The topological polar surface area (TPSA) is 89.9 Å². The summed E-state index contributed by atoms with van der Waals surface area (Å²) in [6, 6.07) is 3.53. The summed E-state index contributed by atoms with van der Waals surface area (Å²) in [5.74, 6) is 0.0730. The molecule has 4 atom stereocenters. The van der Waals surface area contributed by atoms with Gasteiger partial charge in [-0.15, -0.1) is 11.3 Å². The van der Waals surface area contributed by atoms with Gasteiger partial charge in [0.05, 0.1) is 17.1 Å². The number of likely N-dealkylation sites (tertiary alicyclic amines) is 1. The van der Waals surface area contributed by atoms with Gasteiger partial charge in [-0.25, -0.2) is 0 Å². The molecule has 2 fully saturated rings. The Hall–Kier alpha value is -1.44. The fourth-order valence-electron chi connectivity index (χ4n) is 3.78. The van der Waals surface area contributed by atoms with Crippen LogP contribution in [0.4, 0.5) is 0 Å². The van der Waals surface area contributed by atoms with Crippen LogP contribution in [-0.4, -0.2) is 57.8 Å². The average Bonchev–Trinajstić information content (AvgIpc) is 3.15. The molecule has 0 radical (unpaired) electrons. The first kappa shape index (κ1) is 17.4. The minimum atomic E-state index is -0.994. The zero-order chi connectivity index (χ0) is 17.5. The summed E-state index contributed by atoms with van der Waals surface area (Å²) in [4.78, 5) is 27.4. The van der Waals surface area contributed by atoms with E-state index in [1.165, 1.54) is 11.3 Å². The number of fused-ring (bicyclic) bond motifs is 1. The van der Waals surface area contributed by atoms with Crippen molar-refractivity contribution in [1.29, 1.82) is 0 Å². The van der Waals surface area contributed by atoms with Crippen LogP contribution < -0.4 is 5.32 Å². The summed E-state index contributed by atoms with van der Waals surface area (Å²) in [5, 5.41) is 24.3. The molecule has 2 heterocycles. The lowest BCUT2D eigenvalue weighted by molar-refractivity contribution is -0.135. The van der Waals surface area contributed by atoms with Gasteiger partial charge in [0.15, 0.2) is 0 Å². The standard InChI is InChI=1S/C17H24N2O4S/c1-17(2,18-15(22)14-4-3-5-24-14)16(23)19-8-10-6-12(20)13(21)7-11(10)9-19/h3-5,10-13,20-21H,6-9H2,1-2H3,(H,18,22)/t10-,11+,12+,13-. The molecule has 1 aliphatic heterocycles. The Balaban J connectivity index is 1.64. The number of aliphatic hydroxyl groups is 2. The Morgan fingerprint density at radius 1 is 1.21 bits per heavy atom. The van der Waals surface area contributed by atoms with Crippen LogP contribution >= 0.6 is 11.3 Å². The Kier molecular flexibility index (Phi) is 4.68. The van der Waals surface area contributed by atoms with E-state index in [0.717, 1.165) is 0 Å². The van der Waals surface area contributed by atoms with Gasteiger partial charge in [0.2, 0.25) is 5.91 Å². The summed E-state index contributed by atoms with van der Waals surface area (Å²) in [6.07, 6.45) is -0.351. The first-order valence-corrected chi connectivity index (χ1v) is 9.17. The van der Waals surface area contributed by atoms with Crippen LogP contribution in [0.3, 0.4) is 0 Å². The van der Waals surface area contributed by atoms with Crippen molar-refractivity contribution in [3.63, 3.8) is 0 Å². The number of rotatable bonds is 3. The van der Waals surface area contributed by atoms with Gasteiger partial charge >= 0.3 is 0 Å². The maximum absolute atomic E-state index is 12.9. The number of aliphatic hydroxyl groups excluding tert-OH is 2. The lowest BCUT2D eigenvalue weighted by atomic mass is 9.79. The molecule has 7 heteroatoms. The second-order valence-electron chi connectivity index (χ2n) is 7.39. The fraction of sp³-hybridized carbons (Fsp3) is 0.647. The van der Waals surface area contributed by atoms with Crippen molar-refractivity contribution in [2.24, 2.45) is 11.8 Å². The number of hydrogen-bond acceptors (Lipinski definition) is 5. The van der Waals surface area contributed by atoms with E-state index in [4.69, 9.17) is 0 Å². The maximum atomic E-state index is 12.9. The average molecular weight is 352 g/mol. The highest BCUT2D eigenvalue weighted by atomic mass is 32.1. The minimum absolute atomic E-state index is 0.120. The second-order valence-corrected chi connectivity index (χ2v) is 8.34. The first-order chi connectivity index (χ1) is 11.3. The molecule has 0 bridgehead atoms. The van der Waals surface area contributed by atoms with E-state index < -0.39 is 17.7 Å². The van der Waals surface area contributed by atoms with Gasteiger partial charge in [0.25, 0.3) is 5.91 Å². The zero-order valence-corrected chi connectivity index (χ0v) is 14.8. The second kappa shape index (κ2) is 6.46. The molecule has 24 heavy (non-hydrogen) atoms. The summed E-state index contributed by atoms with van der Waals surface area (Å²) in [5.41, 5.74) is -0.994. The number of hydrogen-bond donors (Lipinski definition) is 3. The molecule has 1 saturated heterocycles. The quantitative estimate of drug-likeness (QED) is 0.752. The number of thiophene rings is 1. The smallest absolute Gasteiger partial charge is 0.262 e. The summed E-state index contributed by atoms with van der Waals surface area (Å²) < 4.78 is 0. The molecule has 2 aliphatic rings. The number of amides is 2. The third-order valence-corrected chi connectivity index (χ3v) is 5.97. The summed E-state index contributed by atoms with van der Waals surface area (Å²) in [6.45, 7) is 4.58. The van der Waals surface area contributed by atoms with E-state index in [0.29, 0.717) is 30.8 Å². The Morgan fingerprint density at radius 2 is 1.79 bits per heavy atom. The number of carbonyl (C=O) groups is 2. The van der Waals surface area contributed by atoms with Crippen LogP contribution in [0, 0.1) is 11.8 Å². The van der Waals surface area contributed by atoms with E-state index >= 15 is 0 Å². The largest absolute Gasteiger partial charge is 0.390 e. The van der Waals surface area contributed by atoms with Gasteiger partial charge in [-0.05, 0) is 50.0 Å². The van der Waals surface area contributed by atoms with Crippen LogP contribution in [0.1, 0.15) is 36.4 Å². The highest BCUT2D eigenvalue weighted by molar-refractivity contribution is 7.12. The molecule has 0 spiro atoms. The molecule has 0 aromatic carbocycles. The lowest BCUT2D eigenvalue weighted by Gasteiger charge is -2.31. The van der Waals surface area contributed by atoms with Crippen molar-refractivity contribution >= 4 is 23.2 Å². The predicted molar refractivity (Wildman–Crippen MR) is 90.7 cm³/mol. The molecular formula is C17H24N2O4S. The van der Waals surface area contributed by atoms with Crippen LogP contribution in [0.25, 0.3) is 0 Å². The molecule has 132 valence electrons. The molecule has 3 rings (SSSR count). The van der Waals surface area contributed by atoms with E-state index in [1.807, 2.05) is 5.38 Å². The van der Waals surface area contributed by atoms with Crippen molar-refractivity contribution in [3.05, 3.63) is 22.4 Å². The van der Waals surface area contributed by atoms with Crippen molar-refractivity contribution < 1.29 is 19.8 Å². The fourth-order valence-corrected chi connectivity index (χ4v) is 4.39. The molecule has 1 aromatic rings. The number of nitrogens with one attached hydrogen (secondary N) is 1. The minimum Gasteiger partial charge on any atom is -0.390 e. The first-order valence-electron chi connectivity index (χ1n) is 8.29. The van der Waals surface area contributed by atoms with Crippen LogP contribution in [0.2, 0.25) is 0 Å². The van der Waals surface area contributed by atoms with Gasteiger partial charge in [0, 0.05) is 13.1 Å². The van der Waals surface area contributed by atoms with E-state index in [1.54, 1.807) is 30.9 Å². The third kappa shape index (κ3) is 3.34. The molecular weight excluding hydrogens is 328 g/mol. The molecule has 0 unspecified atom stereocenters. The van der Waals surface area contributed by atoms with Crippen molar-refractivity contribution in [3.8, 4) is 0 Å². The van der Waals surface area contributed by atoms with E-state index in [9.17, 15) is 19.8 Å². The lowest BCUT2D eigenvalue weighted by Crippen LogP contribution is -2.55. The van der Waals surface area contributed by atoms with Crippen molar-refractivity contribution in [1.82, 2.24) is 10.2 Å². The molecule has 1 aliphatic carbocycles. The Bertz CT molecular complexity index is 598. The zero-order valence-electron chi connectivity index (χ0n) is 13.9. The van der Waals surface area contributed by atoms with Crippen LogP contribution in [0.15, 0.2) is 17.5 Å². The molecule has 1 saturated carbocycles. The molecule has 2 amide bonds. The van der Waals surface area contributed by atoms with Crippen LogP contribution in [-0.2, 0) is 4.79 Å². The Labute approximate surface area is 145 Å². The number of carbonyl (C=O) groups excluding carboxylic acids is 2. The van der Waals surface area contributed by atoms with Gasteiger partial charge in [-0.2, -0.15) is 0 Å². The highest BCUT2D eigenvalue weighted by Gasteiger charge is 2.45. The third-order valence-electron chi connectivity index (χ3n) is 5.10. The molecule has 1 aromatic heterocycles.